The lowest BCUT2D eigenvalue weighted by atomic mass is 10.1. The lowest BCUT2D eigenvalue weighted by Gasteiger charge is -2.17. The molecule has 0 saturated heterocycles. The van der Waals surface area contributed by atoms with Gasteiger partial charge in [0.25, 0.3) is 0 Å². The summed E-state index contributed by atoms with van der Waals surface area (Å²) in [6, 6.07) is 13.7. The number of aryl methyl sites for hydroxylation is 2. The Balaban J connectivity index is 1.70. The summed E-state index contributed by atoms with van der Waals surface area (Å²) in [5.41, 5.74) is 2.86. The molecule has 2 aromatic carbocycles. The predicted octanol–water partition coefficient (Wildman–Crippen LogP) is 3.97. The normalized spacial score (nSPS) is 12.3. The van der Waals surface area contributed by atoms with E-state index in [0.717, 1.165) is 28.2 Å². The lowest BCUT2D eigenvalue weighted by molar-refractivity contribution is -0.121. The average molecular weight is 494 g/mol. The molecule has 1 atom stereocenters. The van der Waals surface area contributed by atoms with Gasteiger partial charge in [-0.05, 0) is 54.7 Å². The Bertz CT molecular complexity index is 1160. The van der Waals surface area contributed by atoms with E-state index in [-0.39, 0.29) is 17.7 Å². The quantitative estimate of drug-likeness (QED) is 0.443. The second kappa shape index (κ2) is 10.9. The highest BCUT2D eigenvalue weighted by Crippen LogP contribution is 2.24. The summed E-state index contributed by atoms with van der Waals surface area (Å²) in [7, 11) is -4.08. The standard InChI is InChI=1S/C22H24ClN3O4S2/c1-2-18-14-31-22(25-18)20(13-16-6-9-19(10-7-16)30-32(24,28)29)26-21(27)11-8-15-4-3-5-17(23)12-15/h3-7,9-10,12,14,20H,2,8,11,13H2,1H3,(H,26,27)(H2,24,28,29)/t20-/m0/s1. The number of amides is 1. The smallest absolute Gasteiger partial charge is 0.371 e. The summed E-state index contributed by atoms with van der Waals surface area (Å²) < 4.78 is 26.8. The summed E-state index contributed by atoms with van der Waals surface area (Å²) in [6.45, 7) is 2.03. The van der Waals surface area contributed by atoms with Crippen molar-refractivity contribution >= 4 is 39.1 Å². The van der Waals surface area contributed by atoms with Crippen molar-refractivity contribution in [2.75, 3.05) is 0 Å². The van der Waals surface area contributed by atoms with E-state index in [0.29, 0.717) is 24.3 Å². The van der Waals surface area contributed by atoms with Gasteiger partial charge in [-0.3, -0.25) is 4.79 Å². The number of thiazole rings is 1. The van der Waals surface area contributed by atoms with Crippen molar-refractivity contribution in [1.82, 2.24) is 10.3 Å². The minimum Gasteiger partial charge on any atom is -0.371 e. The zero-order valence-corrected chi connectivity index (χ0v) is 19.8. The molecular formula is C22H24ClN3O4S2. The van der Waals surface area contributed by atoms with Crippen molar-refractivity contribution in [3.8, 4) is 5.75 Å². The maximum atomic E-state index is 12.7. The van der Waals surface area contributed by atoms with Gasteiger partial charge in [0.05, 0.1) is 11.7 Å². The molecule has 1 amide bonds. The average Bonchev–Trinajstić information content (AvgIpc) is 3.21. The van der Waals surface area contributed by atoms with Crippen LogP contribution in [0.1, 0.15) is 41.2 Å². The third-order valence-electron chi connectivity index (χ3n) is 4.67. The first-order chi connectivity index (χ1) is 15.2. The molecule has 0 saturated carbocycles. The first-order valence-corrected chi connectivity index (χ1v) is 12.7. The molecule has 0 unspecified atom stereocenters. The number of carbonyl (C=O) groups is 1. The SMILES string of the molecule is CCc1csc([C@H](Cc2ccc(OS(N)(=O)=O)cc2)NC(=O)CCc2cccc(Cl)c2)n1. The number of aromatic nitrogens is 1. The summed E-state index contributed by atoms with van der Waals surface area (Å²) in [4.78, 5) is 17.3. The number of nitrogens with one attached hydrogen (secondary N) is 1. The van der Waals surface area contributed by atoms with Crippen molar-refractivity contribution < 1.29 is 17.4 Å². The number of nitrogens with zero attached hydrogens (tertiary/aromatic N) is 1. The van der Waals surface area contributed by atoms with Crippen LogP contribution in [-0.4, -0.2) is 19.3 Å². The van der Waals surface area contributed by atoms with Crippen molar-refractivity contribution in [2.24, 2.45) is 5.14 Å². The van der Waals surface area contributed by atoms with Crippen molar-refractivity contribution in [3.63, 3.8) is 0 Å². The number of rotatable bonds is 10. The first kappa shape index (κ1) is 24.2. The second-order valence-corrected chi connectivity index (χ2v) is 9.68. The molecule has 3 rings (SSSR count). The minimum atomic E-state index is -4.08. The van der Waals surface area contributed by atoms with Crippen LogP contribution in [-0.2, 0) is 34.4 Å². The molecule has 32 heavy (non-hydrogen) atoms. The van der Waals surface area contributed by atoms with Crippen molar-refractivity contribution in [2.45, 2.75) is 38.6 Å². The van der Waals surface area contributed by atoms with E-state index in [1.54, 1.807) is 18.2 Å². The van der Waals surface area contributed by atoms with E-state index in [2.05, 4.69) is 14.5 Å². The summed E-state index contributed by atoms with van der Waals surface area (Å²) in [5.74, 6) is 0.0401. The van der Waals surface area contributed by atoms with Crippen LogP contribution in [0, 0.1) is 0 Å². The van der Waals surface area contributed by atoms with Crippen LogP contribution in [0.5, 0.6) is 5.75 Å². The van der Waals surface area contributed by atoms with Gasteiger partial charge in [-0.2, -0.15) is 13.6 Å². The molecule has 0 aliphatic carbocycles. The third-order valence-corrected chi connectivity index (χ3v) is 6.34. The fourth-order valence-corrected chi connectivity index (χ4v) is 4.66. The van der Waals surface area contributed by atoms with Crippen LogP contribution >= 0.6 is 22.9 Å². The number of carbonyl (C=O) groups excluding carboxylic acids is 1. The predicted molar refractivity (Wildman–Crippen MR) is 126 cm³/mol. The number of hydrogen-bond acceptors (Lipinski definition) is 6. The summed E-state index contributed by atoms with van der Waals surface area (Å²) in [6.07, 6.45) is 2.21. The first-order valence-electron chi connectivity index (χ1n) is 10.0. The number of hydrogen-bond donors (Lipinski definition) is 2. The van der Waals surface area contributed by atoms with Gasteiger partial charge in [0.1, 0.15) is 10.8 Å². The molecule has 10 heteroatoms. The largest absolute Gasteiger partial charge is 0.380 e. The summed E-state index contributed by atoms with van der Waals surface area (Å²) in [5, 5.41) is 11.4. The van der Waals surface area contributed by atoms with Gasteiger partial charge in [0.15, 0.2) is 0 Å². The van der Waals surface area contributed by atoms with E-state index in [1.165, 1.54) is 23.5 Å². The Morgan fingerprint density at radius 2 is 1.97 bits per heavy atom. The highest BCUT2D eigenvalue weighted by atomic mass is 35.5. The van der Waals surface area contributed by atoms with E-state index in [9.17, 15) is 13.2 Å². The topological polar surface area (TPSA) is 111 Å². The monoisotopic (exact) mass is 493 g/mol. The van der Waals surface area contributed by atoms with Crippen LogP contribution in [0.2, 0.25) is 5.02 Å². The molecule has 0 aliphatic heterocycles. The molecule has 0 spiro atoms. The Morgan fingerprint density at radius 3 is 2.59 bits per heavy atom. The van der Waals surface area contributed by atoms with Crippen molar-refractivity contribution in [1.29, 1.82) is 0 Å². The van der Waals surface area contributed by atoms with Gasteiger partial charge >= 0.3 is 10.3 Å². The van der Waals surface area contributed by atoms with Gasteiger partial charge in [0.2, 0.25) is 5.91 Å². The molecule has 7 nitrogen and oxygen atoms in total. The van der Waals surface area contributed by atoms with E-state index in [1.807, 2.05) is 30.5 Å². The maximum absolute atomic E-state index is 12.7. The van der Waals surface area contributed by atoms with Gasteiger partial charge in [0, 0.05) is 16.8 Å². The molecule has 0 aliphatic rings. The molecule has 170 valence electrons. The molecule has 3 N–H and O–H groups in total. The van der Waals surface area contributed by atoms with Crippen molar-refractivity contribution in [3.05, 3.63) is 80.8 Å². The molecule has 0 radical (unpaired) electrons. The lowest BCUT2D eigenvalue weighted by Crippen LogP contribution is -2.30. The maximum Gasteiger partial charge on any atom is 0.380 e. The minimum absolute atomic E-state index is 0.0857. The highest BCUT2D eigenvalue weighted by Gasteiger charge is 2.19. The molecule has 0 bridgehead atoms. The number of nitrogens with two attached hydrogens (primary N) is 1. The number of halogens is 1. The van der Waals surface area contributed by atoms with E-state index in [4.69, 9.17) is 16.7 Å². The Labute approximate surface area is 196 Å². The van der Waals surface area contributed by atoms with Gasteiger partial charge in [-0.25, -0.2) is 4.98 Å². The Hall–Kier alpha value is -2.46. The Morgan fingerprint density at radius 1 is 1.22 bits per heavy atom. The molecule has 1 heterocycles. The van der Waals surface area contributed by atoms with Gasteiger partial charge < -0.3 is 9.50 Å². The van der Waals surface area contributed by atoms with Crippen LogP contribution in [0.4, 0.5) is 0 Å². The van der Waals surface area contributed by atoms with Gasteiger partial charge in [-0.15, -0.1) is 11.3 Å². The van der Waals surface area contributed by atoms with Crippen LogP contribution < -0.4 is 14.6 Å². The van der Waals surface area contributed by atoms with Crippen LogP contribution in [0.25, 0.3) is 0 Å². The fraction of sp³-hybridized carbons (Fsp3) is 0.273. The van der Waals surface area contributed by atoms with E-state index < -0.39 is 10.3 Å². The molecular weight excluding hydrogens is 470 g/mol. The summed E-state index contributed by atoms with van der Waals surface area (Å²) >= 11 is 7.53. The second-order valence-electron chi connectivity index (χ2n) is 7.20. The highest BCUT2D eigenvalue weighted by molar-refractivity contribution is 7.84. The third kappa shape index (κ3) is 7.59. The zero-order chi connectivity index (χ0) is 23.1. The fourth-order valence-electron chi connectivity index (χ4n) is 3.11. The molecule has 1 aromatic heterocycles. The number of benzene rings is 2. The molecule has 0 fully saturated rings. The van der Waals surface area contributed by atoms with E-state index >= 15 is 0 Å². The molecule has 3 aromatic rings. The van der Waals surface area contributed by atoms with Gasteiger partial charge in [-0.1, -0.05) is 42.8 Å². The van der Waals surface area contributed by atoms with Crippen LogP contribution in [0.15, 0.2) is 53.9 Å². The zero-order valence-electron chi connectivity index (χ0n) is 17.5. The Kier molecular flexibility index (Phi) is 8.25. The van der Waals surface area contributed by atoms with Crippen LogP contribution in [0.3, 0.4) is 0 Å².